The Hall–Kier alpha value is -0.0800. The minimum absolute atomic E-state index is 0.408. The predicted molar refractivity (Wildman–Crippen MR) is 64.8 cm³/mol. The van der Waals surface area contributed by atoms with Crippen LogP contribution in [0.4, 0.5) is 0 Å². The molecule has 1 unspecified atom stereocenters. The molecule has 0 amide bonds. The van der Waals surface area contributed by atoms with Gasteiger partial charge in [0.05, 0.1) is 0 Å². The number of rotatable bonds is 4. The van der Waals surface area contributed by atoms with Gasteiger partial charge in [0, 0.05) is 18.6 Å². The molecule has 0 bridgehead atoms. The third kappa shape index (κ3) is 3.46. The first-order valence-electron chi connectivity index (χ1n) is 6.85. The van der Waals surface area contributed by atoms with Crippen molar-refractivity contribution in [1.29, 1.82) is 0 Å². The maximum Gasteiger partial charge on any atom is 0.0194 e. The molecule has 2 heteroatoms. The smallest absolute Gasteiger partial charge is 0.0194 e. The van der Waals surface area contributed by atoms with Crippen LogP contribution >= 0.6 is 0 Å². The lowest BCUT2D eigenvalue weighted by Crippen LogP contribution is -2.43. The zero-order chi connectivity index (χ0) is 10.5. The van der Waals surface area contributed by atoms with E-state index in [4.69, 9.17) is 5.73 Å². The van der Waals surface area contributed by atoms with Crippen LogP contribution in [-0.4, -0.2) is 18.6 Å². The Morgan fingerprint density at radius 1 is 0.933 bits per heavy atom. The van der Waals surface area contributed by atoms with Gasteiger partial charge in [0.15, 0.2) is 0 Å². The largest absolute Gasteiger partial charge is 0.326 e. The fourth-order valence-corrected chi connectivity index (χ4v) is 3.16. The number of nitrogens with two attached hydrogens (primary N) is 1. The molecule has 2 saturated carbocycles. The summed E-state index contributed by atoms with van der Waals surface area (Å²) in [6.07, 6.45) is 12.5. The topological polar surface area (TPSA) is 38.0 Å². The zero-order valence-electron chi connectivity index (χ0n) is 9.88. The Labute approximate surface area is 94.0 Å². The Kier molecular flexibility index (Phi) is 4.45. The molecule has 2 rings (SSSR count). The molecule has 0 aromatic heterocycles. The molecule has 0 radical (unpaired) electrons. The molecule has 2 nitrogen and oxygen atoms in total. The second-order valence-electron chi connectivity index (χ2n) is 5.45. The fraction of sp³-hybridized carbons (Fsp3) is 1.00. The highest BCUT2D eigenvalue weighted by molar-refractivity contribution is 4.81. The first-order chi connectivity index (χ1) is 7.36. The minimum Gasteiger partial charge on any atom is -0.326 e. The van der Waals surface area contributed by atoms with Gasteiger partial charge in [-0.25, -0.2) is 0 Å². The van der Waals surface area contributed by atoms with E-state index in [0.717, 1.165) is 18.5 Å². The molecule has 0 saturated heterocycles. The van der Waals surface area contributed by atoms with Crippen LogP contribution in [0.1, 0.15) is 57.8 Å². The van der Waals surface area contributed by atoms with Crippen molar-refractivity contribution in [3.8, 4) is 0 Å². The molecule has 88 valence electrons. The molecule has 0 spiro atoms. The average Bonchev–Trinajstić information content (AvgIpc) is 2.80. The van der Waals surface area contributed by atoms with E-state index < -0.39 is 0 Å². The van der Waals surface area contributed by atoms with E-state index >= 15 is 0 Å². The third-order valence-electron chi connectivity index (χ3n) is 4.25. The van der Waals surface area contributed by atoms with Crippen LogP contribution < -0.4 is 11.1 Å². The molecule has 1 atom stereocenters. The summed E-state index contributed by atoms with van der Waals surface area (Å²) in [5.74, 6) is 0.799. The van der Waals surface area contributed by atoms with Gasteiger partial charge in [-0.15, -0.1) is 0 Å². The van der Waals surface area contributed by atoms with Gasteiger partial charge in [-0.05, 0) is 31.6 Å². The summed E-state index contributed by atoms with van der Waals surface area (Å²) < 4.78 is 0. The van der Waals surface area contributed by atoms with Crippen LogP contribution in [0.25, 0.3) is 0 Å². The molecular weight excluding hydrogens is 184 g/mol. The van der Waals surface area contributed by atoms with Gasteiger partial charge >= 0.3 is 0 Å². The maximum atomic E-state index is 6.26. The van der Waals surface area contributed by atoms with Crippen molar-refractivity contribution >= 4 is 0 Å². The SMILES string of the molecule is NC(CNC1CCCC1)C1CCCCC1. The van der Waals surface area contributed by atoms with Gasteiger partial charge in [-0.1, -0.05) is 32.1 Å². The van der Waals surface area contributed by atoms with E-state index in [-0.39, 0.29) is 0 Å². The standard InChI is InChI=1S/C13H26N2/c14-13(11-6-2-1-3-7-11)10-15-12-8-4-5-9-12/h11-13,15H,1-10,14H2. The summed E-state index contributed by atoms with van der Waals surface area (Å²) in [6, 6.07) is 1.19. The summed E-state index contributed by atoms with van der Waals surface area (Å²) in [5, 5.41) is 3.65. The van der Waals surface area contributed by atoms with Crippen molar-refractivity contribution in [2.45, 2.75) is 69.9 Å². The Morgan fingerprint density at radius 3 is 2.20 bits per heavy atom. The summed E-state index contributed by atoms with van der Waals surface area (Å²) >= 11 is 0. The molecule has 0 heterocycles. The second kappa shape index (κ2) is 5.86. The molecule has 2 aliphatic carbocycles. The maximum absolute atomic E-state index is 6.26. The van der Waals surface area contributed by atoms with Crippen molar-refractivity contribution in [2.24, 2.45) is 11.7 Å². The summed E-state index contributed by atoms with van der Waals surface area (Å²) in [4.78, 5) is 0. The van der Waals surface area contributed by atoms with Gasteiger partial charge in [-0.2, -0.15) is 0 Å². The van der Waals surface area contributed by atoms with E-state index in [9.17, 15) is 0 Å². The lowest BCUT2D eigenvalue weighted by atomic mass is 9.84. The van der Waals surface area contributed by atoms with Gasteiger partial charge in [0.2, 0.25) is 0 Å². The van der Waals surface area contributed by atoms with Crippen LogP contribution in [0.2, 0.25) is 0 Å². The number of hydrogen-bond donors (Lipinski definition) is 2. The number of hydrogen-bond acceptors (Lipinski definition) is 2. The molecule has 0 aromatic carbocycles. The fourth-order valence-electron chi connectivity index (χ4n) is 3.16. The van der Waals surface area contributed by atoms with Crippen molar-refractivity contribution in [1.82, 2.24) is 5.32 Å². The molecule has 2 fully saturated rings. The van der Waals surface area contributed by atoms with E-state index in [1.54, 1.807) is 0 Å². The molecular formula is C13H26N2. The minimum atomic E-state index is 0.408. The van der Waals surface area contributed by atoms with E-state index in [2.05, 4.69) is 5.32 Å². The van der Waals surface area contributed by atoms with Crippen molar-refractivity contribution in [3.63, 3.8) is 0 Å². The van der Waals surface area contributed by atoms with Crippen molar-refractivity contribution < 1.29 is 0 Å². The van der Waals surface area contributed by atoms with E-state index in [1.165, 1.54) is 57.8 Å². The second-order valence-corrected chi connectivity index (χ2v) is 5.45. The number of nitrogens with one attached hydrogen (secondary N) is 1. The Bertz CT molecular complexity index is 169. The average molecular weight is 210 g/mol. The summed E-state index contributed by atoms with van der Waals surface area (Å²) in [5.41, 5.74) is 6.26. The predicted octanol–water partition coefficient (Wildman–Crippen LogP) is 2.43. The van der Waals surface area contributed by atoms with Crippen LogP contribution in [0, 0.1) is 5.92 Å². The lowest BCUT2D eigenvalue weighted by Gasteiger charge is -2.28. The van der Waals surface area contributed by atoms with Gasteiger partial charge in [-0.3, -0.25) is 0 Å². The van der Waals surface area contributed by atoms with Crippen molar-refractivity contribution in [2.75, 3.05) is 6.54 Å². The first-order valence-corrected chi connectivity index (χ1v) is 6.85. The van der Waals surface area contributed by atoms with Gasteiger partial charge in [0.1, 0.15) is 0 Å². The van der Waals surface area contributed by atoms with Gasteiger partial charge in [0.25, 0.3) is 0 Å². The molecule has 0 aromatic rings. The third-order valence-corrected chi connectivity index (χ3v) is 4.25. The van der Waals surface area contributed by atoms with Crippen LogP contribution in [0.5, 0.6) is 0 Å². The Balaban J connectivity index is 1.64. The quantitative estimate of drug-likeness (QED) is 0.748. The molecule has 3 N–H and O–H groups in total. The monoisotopic (exact) mass is 210 g/mol. The molecule has 2 aliphatic rings. The molecule has 0 aliphatic heterocycles. The summed E-state index contributed by atoms with van der Waals surface area (Å²) in [7, 11) is 0. The highest BCUT2D eigenvalue weighted by Gasteiger charge is 2.22. The molecule has 15 heavy (non-hydrogen) atoms. The summed E-state index contributed by atoms with van der Waals surface area (Å²) in [6.45, 7) is 1.05. The van der Waals surface area contributed by atoms with Crippen LogP contribution in [0.15, 0.2) is 0 Å². The normalized spacial score (nSPS) is 27.0. The van der Waals surface area contributed by atoms with E-state index in [1.807, 2.05) is 0 Å². The first kappa shape index (κ1) is 11.4. The van der Waals surface area contributed by atoms with Crippen LogP contribution in [0.3, 0.4) is 0 Å². The zero-order valence-corrected chi connectivity index (χ0v) is 9.88. The van der Waals surface area contributed by atoms with Crippen molar-refractivity contribution in [3.05, 3.63) is 0 Å². The highest BCUT2D eigenvalue weighted by atomic mass is 14.9. The van der Waals surface area contributed by atoms with Gasteiger partial charge < -0.3 is 11.1 Å². The lowest BCUT2D eigenvalue weighted by molar-refractivity contribution is 0.291. The van der Waals surface area contributed by atoms with E-state index in [0.29, 0.717) is 6.04 Å². The Morgan fingerprint density at radius 2 is 1.53 bits per heavy atom. The highest BCUT2D eigenvalue weighted by Crippen LogP contribution is 2.25. The van der Waals surface area contributed by atoms with Crippen LogP contribution in [-0.2, 0) is 0 Å².